The molecule has 0 aliphatic heterocycles. The standard InChI is InChI=1S/C16H33N3/c1-3-4-5-6-7-8-9-10-11-12-13-14-15-16(2)18-19-17/h16H,3-15H2,1-2H3/t16-/m0/s1. The topological polar surface area (TPSA) is 48.8 Å². The van der Waals surface area contributed by atoms with Gasteiger partial charge in [0.2, 0.25) is 0 Å². The first kappa shape index (κ1) is 18.3. The number of azide groups is 1. The Bertz CT molecular complexity index is 222. The number of hydrogen-bond donors (Lipinski definition) is 0. The molecule has 0 rings (SSSR count). The Hall–Kier alpha value is -0.690. The number of unbranched alkanes of at least 4 members (excludes halogenated alkanes) is 11. The van der Waals surface area contributed by atoms with Crippen LogP contribution in [0.5, 0.6) is 0 Å². The summed E-state index contributed by atoms with van der Waals surface area (Å²) < 4.78 is 0. The van der Waals surface area contributed by atoms with Gasteiger partial charge in [0.25, 0.3) is 0 Å². The largest absolute Gasteiger partial charge is 0.0909 e. The molecule has 0 bridgehead atoms. The van der Waals surface area contributed by atoms with E-state index in [1.165, 1.54) is 77.0 Å². The summed E-state index contributed by atoms with van der Waals surface area (Å²) in [5, 5.41) is 3.69. The lowest BCUT2D eigenvalue weighted by atomic mass is 10.0. The van der Waals surface area contributed by atoms with Crippen molar-refractivity contribution >= 4 is 0 Å². The molecular formula is C16H33N3. The van der Waals surface area contributed by atoms with Gasteiger partial charge in [0.15, 0.2) is 0 Å². The Balaban J connectivity index is 3.04. The molecule has 0 aromatic carbocycles. The van der Waals surface area contributed by atoms with Crippen LogP contribution >= 0.6 is 0 Å². The maximum Gasteiger partial charge on any atom is 0.0345 e. The van der Waals surface area contributed by atoms with Gasteiger partial charge in [-0.2, -0.15) is 0 Å². The fourth-order valence-electron chi connectivity index (χ4n) is 2.43. The molecule has 19 heavy (non-hydrogen) atoms. The Kier molecular flexibility index (Phi) is 14.8. The third-order valence-corrected chi connectivity index (χ3v) is 3.72. The molecular weight excluding hydrogens is 234 g/mol. The Morgan fingerprint density at radius 1 is 0.789 bits per heavy atom. The maximum absolute atomic E-state index is 8.29. The van der Waals surface area contributed by atoms with Gasteiger partial charge in [-0.05, 0) is 12.0 Å². The predicted molar refractivity (Wildman–Crippen MR) is 84.3 cm³/mol. The molecule has 0 saturated carbocycles. The van der Waals surface area contributed by atoms with Crippen molar-refractivity contribution in [1.29, 1.82) is 0 Å². The molecule has 1 atom stereocenters. The molecule has 3 nitrogen and oxygen atoms in total. The van der Waals surface area contributed by atoms with Crippen molar-refractivity contribution in [1.82, 2.24) is 0 Å². The van der Waals surface area contributed by atoms with Crippen molar-refractivity contribution in [3.05, 3.63) is 10.4 Å². The van der Waals surface area contributed by atoms with E-state index in [1.54, 1.807) is 0 Å². The summed E-state index contributed by atoms with van der Waals surface area (Å²) in [5.74, 6) is 0. The summed E-state index contributed by atoms with van der Waals surface area (Å²) in [5.41, 5.74) is 8.29. The van der Waals surface area contributed by atoms with Crippen molar-refractivity contribution < 1.29 is 0 Å². The molecule has 0 saturated heterocycles. The van der Waals surface area contributed by atoms with Crippen molar-refractivity contribution in [2.75, 3.05) is 0 Å². The van der Waals surface area contributed by atoms with Crippen LogP contribution < -0.4 is 0 Å². The van der Waals surface area contributed by atoms with Gasteiger partial charge in [0.05, 0.1) is 0 Å². The molecule has 0 heterocycles. The highest BCUT2D eigenvalue weighted by Gasteiger charge is 1.98. The molecule has 0 spiro atoms. The van der Waals surface area contributed by atoms with Gasteiger partial charge in [-0.15, -0.1) is 0 Å². The third-order valence-electron chi connectivity index (χ3n) is 3.72. The van der Waals surface area contributed by atoms with E-state index in [0.29, 0.717) is 0 Å². The van der Waals surface area contributed by atoms with E-state index in [-0.39, 0.29) is 6.04 Å². The molecule has 0 fully saturated rings. The first-order chi connectivity index (χ1) is 9.31. The highest BCUT2D eigenvalue weighted by molar-refractivity contribution is 4.60. The zero-order valence-corrected chi connectivity index (χ0v) is 13.1. The lowest BCUT2D eigenvalue weighted by Gasteiger charge is -2.04. The summed E-state index contributed by atoms with van der Waals surface area (Å²) >= 11 is 0. The van der Waals surface area contributed by atoms with Gasteiger partial charge in [0.1, 0.15) is 0 Å². The molecule has 0 aliphatic carbocycles. The first-order valence-electron chi connectivity index (χ1n) is 8.35. The quantitative estimate of drug-likeness (QED) is 0.144. The van der Waals surface area contributed by atoms with Gasteiger partial charge in [0, 0.05) is 11.0 Å². The number of nitrogens with zero attached hydrogens (tertiary/aromatic N) is 3. The van der Waals surface area contributed by atoms with Gasteiger partial charge >= 0.3 is 0 Å². The average Bonchev–Trinajstić information content (AvgIpc) is 2.40. The van der Waals surface area contributed by atoms with Crippen molar-refractivity contribution in [3.63, 3.8) is 0 Å². The van der Waals surface area contributed by atoms with E-state index in [4.69, 9.17) is 5.53 Å². The van der Waals surface area contributed by atoms with Crippen molar-refractivity contribution in [3.8, 4) is 0 Å². The SMILES string of the molecule is CCCCCCCCCCCCCC[C@H](C)N=[N+]=[N-]. The second-order valence-corrected chi connectivity index (χ2v) is 5.73. The Morgan fingerprint density at radius 2 is 1.21 bits per heavy atom. The summed E-state index contributed by atoms with van der Waals surface area (Å²) in [7, 11) is 0. The number of rotatable bonds is 14. The molecule has 0 radical (unpaired) electrons. The van der Waals surface area contributed by atoms with Crippen LogP contribution in [0.3, 0.4) is 0 Å². The van der Waals surface area contributed by atoms with Crippen LogP contribution in [0.4, 0.5) is 0 Å². The summed E-state index contributed by atoms with van der Waals surface area (Å²) in [6.45, 7) is 4.27. The zero-order chi connectivity index (χ0) is 14.2. The van der Waals surface area contributed by atoms with Crippen molar-refractivity contribution in [2.45, 2.75) is 103 Å². The molecule has 0 unspecified atom stereocenters. The minimum atomic E-state index is 0.174. The lowest BCUT2D eigenvalue weighted by Crippen LogP contribution is -1.95. The average molecular weight is 267 g/mol. The monoisotopic (exact) mass is 267 g/mol. The van der Waals surface area contributed by atoms with Gasteiger partial charge in [-0.25, -0.2) is 0 Å². The summed E-state index contributed by atoms with van der Waals surface area (Å²) in [6.07, 6.45) is 17.6. The first-order valence-corrected chi connectivity index (χ1v) is 8.35. The van der Waals surface area contributed by atoms with Crippen molar-refractivity contribution in [2.24, 2.45) is 5.11 Å². The lowest BCUT2D eigenvalue weighted by molar-refractivity contribution is 0.527. The van der Waals surface area contributed by atoms with Crippen LogP contribution in [0.15, 0.2) is 5.11 Å². The number of hydrogen-bond acceptors (Lipinski definition) is 1. The van der Waals surface area contributed by atoms with Gasteiger partial charge in [-0.3, -0.25) is 0 Å². The summed E-state index contributed by atoms with van der Waals surface area (Å²) in [4.78, 5) is 2.84. The van der Waals surface area contributed by atoms with Gasteiger partial charge < -0.3 is 0 Å². The fourth-order valence-corrected chi connectivity index (χ4v) is 2.43. The van der Waals surface area contributed by atoms with E-state index >= 15 is 0 Å². The van der Waals surface area contributed by atoms with Crippen LogP contribution in [0, 0.1) is 0 Å². The minimum absolute atomic E-state index is 0.174. The predicted octanol–water partition coefficient (Wildman–Crippen LogP) is 6.78. The molecule has 0 N–H and O–H groups in total. The maximum atomic E-state index is 8.29. The fraction of sp³-hybridized carbons (Fsp3) is 1.00. The van der Waals surface area contributed by atoms with Crippen LogP contribution in [0.2, 0.25) is 0 Å². The van der Waals surface area contributed by atoms with E-state index in [9.17, 15) is 0 Å². The smallest absolute Gasteiger partial charge is 0.0345 e. The summed E-state index contributed by atoms with van der Waals surface area (Å²) in [6, 6.07) is 0.174. The van der Waals surface area contributed by atoms with E-state index in [1.807, 2.05) is 6.92 Å². The van der Waals surface area contributed by atoms with E-state index in [2.05, 4.69) is 16.9 Å². The van der Waals surface area contributed by atoms with E-state index < -0.39 is 0 Å². The molecule has 3 heteroatoms. The Morgan fingerprint density at radius 3 is 1.63 bits per heavy atom. The second-order valence-electron chi connectivity index (χ2n) is 5.73. The van der Waals surface area contributed by atoms with Gasteiger partial charge in [-0.1, -0.05) is 96.0 Å². The highest BCUT2D eigenvalue weighted by atomic mass is 15.1. The third kappa shape index (κ3) is 15.3. The van der Waals surface area contributed by atoms with Crippen LogP contribution in [-0.4, -0.2) is 6.04 Å². The molecule has 0 aromatic rings. The van der Waals surface area contributed by atoms with E-state index in [0.717, 1.165) is 6.42 Å². The normalized spacial score (nSPS) is 12.1. The minimum Gasteiger partial charge on any atom is -0.0909 e. The molecule has 112 valence electrons. The Labute approximate surface area is 119 Å². The van der Waals surface area contributed by atoms with Crippen LogP contribution in [0.25, 0.3) is 10.4 Å². The van der Waals surface area contributed by atoms with Crippen LogP contribution in [0.1, 0.15) is 97.3 Å². The molecule has 0 aromatic heterocycles. The highest BCUT2D eigenvalue weighted by Crippen LogP contribution is 2.13. The molecule has 0 amide bonds. The second kappa shape index (κ2) is 15.4. The van der Waals surface area contributed by atoms with Crippen LogP contribution in [-0.2, 0) is 0 Å². The zero-order valence-electron chi connectivity index (χ0n) is 13.1. The molecule has 0 aliphatic rings.